The molecule has 1 aliphatic rings. The molecule has 1 heterocycles. The summed E-state index contributed by atoms with van der Waals surface area (Å²) >= 11 is 5.94. The first kappa shape index (κ1) is 21.9. The molecular weight excluding hydrogens is 411 g/mol. The normalized spacial score (nSPS) is 14.3. The van der Waals surface area contributed by atoms with E-state index in [1.54, 1.807) is 30.2 Å². The molecule has 1 saturated heterocycles. The Morgan fingerprint density at radius 1 is 1.13 bits per heavy atom. The van der Waals surface area contributed by atoms with Crippen LogP contribution in [-0.2, 0) is 0 Å². The second-order valence-electron chi connectivity index (χ2n) is 7.11. The van der Waals surface area contributed by atoms with Crippen LogP contribution in [0.2, 0.25) is 5.02 Å². The molecule has 2 aromatic rings. The minimum Gasteiger partial charge on any atom is -0.493 e. The molecule has 0 aliphatic carbocycles. The highest BCUT2D eigenvalue weighted by atomic mass is 35.5. The van der Waals surface area contributed by atoms with Crippen molar-refractivity contribution in [1.29, 1.82) is 0 Å². The van der Waals surface area contributed by atoms with Gasteiger partial charge in [0, 0.05) is 25.2 Å². The van der Waals surface area contributed by atoms with Crippen LogP contribution in [0.25, 0.3) is 0 Å². The van der Waals surface area contributed by atoms with E-state index in [2.05, 4.69) is 5.32 Å². The Hall–Kier alpha value is -2.80. The SMILES string of the molecule is COc1ccc(C(=O)N2CCC(CNC(=O)c3c(F)cccc3Cl)CC2)cc1OC. The van der Waals surface area contributed by atoms with Crippen molar-refractivity contribution < 1.29 is 23.5 Å². The second-order valence-corrected chi connectivity index (χ2v) is 7.52. The summed E-state index contributed by atoms with van der Waals surface area (Å²) in [5.41, 5.74) is 0.397. The summed E-state index contributed by atoms with van der Waals surface area (Å²) < 4.78 is 24.3. The van der Waals surface area contributed by atoms with Crippen LogP contribution in [0, 0.1) is 11.7 Å². The van der Waals surface area contributed by atoms with Gasteiger partial charge >= 0.3 is 0 Å². The summed E-state index contributed by atoms with van der Waals surface area (Å²) in [6.07, 6.45) is 1.48. The van der Waals surface area contributed by atoms with Crippen molar-refractivity contribution in [1.82, 2.24) is 10.2 Å². The lowest BCUT2D eigenvalue weighted by molar-refractivity contribution is 0.0683. The van der Waals surface area contributed by atoms with E-state index in [9.17, 15) is 14.0 Å². The van der Waals surface area contributed by atoms with Crippen LogP contribution in [0.15, 0.2) is 36.4 Å². The number of ether oxygens (including phenoxy) is 2. The van der Waals surface area contributed by atoms with Gasteiger partial charge in [-0.15, -0.1) is 0 Å². The molecule has 8 heteroatoms. The molecule has 0 bridgehead atoms. The van der Waals surface area contributed by atoms with Crippen molar-refractivity contribution in [3.8, 4) is 11.5 Å². The van der Waals surface area contributed by atoms with Gasteiger partial charge in [-0.2, -0.15) is 0 Å². The number of hydrogen-bond donors (Lipinski definition) is 1. The van der Waals surface area contributed by atoms with Gasteiger partial charge < -0.3 is 19.7 Å². The minimum absolute atomic E-state index is 0.0726. The monoisotopic (exact) mass is 434 g/mol. The largest absolute Gasteiger partial charge is 0.493 e. The maximum absolute atomic E-state index is 13.9. The number of methoxy groups -OCH3 is 2. The molecule has 0 unspecified atom stereocenters. The topological polar surface area (TPSA) is 67.9 Å². The van der Waals surface area contributed by atoms with Crippen molar-refractivity contribution in [3.05, 3.63) is 58.4 Å². The number of amides is 2. The van der Waals surface area contributed by atoms with E-state index in [1.165, 1.54) is 25.3 Å². The number of hydrogen-bond acceptors (Lipinski definition) is 4. The molecule has 160 valence electrons. The summed E-state index contributed by atoms with van der Waals surface area (Å²) in [4.78, 5) is 26.9. The zero-order valence-corrected chi connectivity index (χ0v) is 17.7. The van der Waals surface area contributed by atoms with E-state index in [-0.39, 0.29) is 22.4 Å². The molecule has 0 aromatic heterocycles. The third kappa shape index (κ3) is 4.84. The molecule has 1 aliphatic heterocycles. The van der Waals surface area contributed by atoms with Crippen LogP contribution in [0.1, 0.15) is 33.6 Å². The van der Waals surface area contributed by atoms with Gasteiger partial charge in [0.2, 0.25) is 0 Å². The fraction of sp³-hybridized carbons (Fsp3) is 0.364. The first-order valence-electron chi connectivity index (χ1n) is 9.68. The predicted octanol–water partition coefficient (Wildman–Crippen LogP) is 3.78. The van der Waals surface area contributed by atoms with Gasteiger partial charge in [-0.25, -0.2) is 4.39 Å². The van der Waals surface area contributed by atoms with E-state index in [0.717, 1.165) is 12.8 Å². The molecule has 1 fully saturated rings. The first-order valence-corrected chi connectivity index (χ1v) is 10.1. The lowest BCUT2D eigenvalue weighted by Gasteiger charge is -2.32. The molecule has 2 aromatic carbocycles. The number of nitrogens with one attached hydrogen (secondary N) is 1. The zero-order valence-electron chi connectivity index (χ0n) is 16.9. The fourth-order valence-corrected chi connectivity index (χ4v) is 3.78. The summed E-state index contributed by atoms with van der Waals surface area (Å²) in [6, 6.07) is 9.25. The Balaban J connectivity index is 1.53. The van der Waals surface area contributed by atoms with Crippen molar-refractivity contribution in [3.63, 3.8) is 0 Å². The maximum atomic E-state index is 13.9. The van der Waals surface area contributed by atoms with Gasteiger partial charge in [0.05, 0.1) is 24.8 Å². The van der Waals surface area contributed by atoms with Gasteiger partial charge in [-0.1, -0.05) is 17.7 Å². The van der Waals surface area contributed by atoms with Crippen molar-refractivity contribution in [2.24, 2.45) is 5.92 Å². The summed E-state index contributed by atoms with van der Waals surface area (Å²) in [5, 5.41) is 2.84. The highest BCUT2D eigenvalue weighted by Gasteiger charge is 2.25. The lowest BCUT2D eigenvalue weighted by atomic mass is 9.96. The van der Waals surface area contributed by atoms with E-state index < -0.39 is 11.7 Å². The smallest absolute Gasteiger partial charge is 0.255 e. The molecule has 30 heavy (non-hydrogen) atoms. The summed E-state index contributed by atoms with van der Waals surface area (Å²) in [7, 11) is 3.07. The van der Waals surface area contributed by atoms with E-state index >= 15 is 0 Å². The summed E-state index contributed by atoms with van der Waals surface area (Å²) in [5.74, 6) is 0.0361. The lowest BCUT2D eigenvalue weighted by Crippen LogP contribution is -2.41. The summed E-state index contributed by atoms with van der Waals surface area (Å²) in [6.45, 7) is 1.56. The van der Waals surface area contributed by atoms with Crippen LogP contribution in [0.3, 0.4) is 0 Å². The number of likely N-dealkylation sites (tertiary alicyclic amines) is 1. The third-order valence-electron chi connectivity index (χ3n) is 5.27. The van der Waals surface area contributed by atoms with Crippen molar-refractivity contribution in [2.75, 3.05) is 33.9 Å². The Labute approximate surface area is 179 Å². The number of halogens is 2. The van der Waals surface area contributed by atoms with Crippen LogP contribution in [-0.4, -0.2) is 50.6 Å². The Morgan fingerprint density at radius 3 is 2.47 bits per heavy atom. The predicted molar refractivity (Wildman–Crippen MR) is 112 cm³/mol. The standard InChI is InChI=1S/C22H24ClFN2O4/c1-29-18-7-6-15(12-19(18)30-2)22(28)26-10-8-14(9-11-26)13-25-21(27)20-16(23)4-3-5-17(20)24/h3-7,12,14H,8-11,13H2,1-2H3,(H,25,27). The highest BCUT2D eigenvalue weighted by molar-refractivity contribution is 6.33. The number of benzene rings is 2. The fourth-order valence-electron chi connectivity index (χ4n) is 3.53. The minimum atomic E-state index is -0.643. The molecule has 0 atom stereocenters. The zero-order chi connectivity index (χ0) is 21.7. The van der Waals surface area contributed by atoms with Gasteiger partial charge in [0.1, 0.15) is 5.82 Å². The molecule has 0 radical (unpaired) electrons. The molecule has 0 spiro atoms. The molecule has 3 rings (SSSR count). The van der Waals surface area contributed by atoms with E-state index in [1.807, 2.05) is 0 Å². The number of nitrogens with zero attached hydrogens (tertiary/aromatic N) is 1. The number of rotatable bonds is 6. The molecule has 6 nitrogen and oxygen atoms in total. The average Bonchev–Trinajstić information content (AvgIpc) is 2.77. The van der Waals surface area contributed by atoms with Crippen LogP contribution < -0.4 is 14.8 Å². The number of carbonyl (C=O) groups is 2. The van der Waals surface area contributed by atoms with Crippen molar-refractivity contribution >= 4 is 23.4 Å². The maximum Gasteiger partial charge on any atom is 0.255 e. The quantitative estimate of drug-likeness (QED) is 0.751. The van der Waals surface area contributed by atoms with Gasteiger partial charge in [-0.3, -0.25) is 9.59 Å². The van der Waals surface area contributed by atoms with Crippen molar-refractivity contribution in [2.45, 2.75) is 12.8 Å². The van der Waals surface area contributed by atoms with Gasteiger partial charge in [-0.05, 0) is 49.1 Å². The van der Waals surface area contributed by atoms with Crippen LogP contribution in [0.4, 0.5) is 4.39 Å². The average molecular weight is 435 g/mol. The van der Waals surface area contributed by atoms with E-state index in [0.29, 0.717) is 36.7 Å². The van der Waals surface area contributed by atoms with Crippen LogP contribution >= 0.6 is 11.6 Å². The highest BCUT2D eigenvalue weighted by Crippen LogP contribution is 2.29. The number of piperidine rings is 1. The molecule has 1 N–H and O–H groups in total. The molecule has 0 saturated carbocycles. The van der Waals surface area contributed by atoms with E-state index in [4.69, 9.17) is 21.1 Å². The molecular formula is C22H24ClFN2O4. The molecule has 2 amide bonds. The van der Waals surface area contributed by atoms with Gasteiger partial charge in [0.15, 0.2) is 11.5 Å². The van der Waals surface area contributed by atoms with Crippen LogP contribution in [0.5, 0.6) is 11.5 Å². The first-order chi connectivity index (χ1) is 14.4. The third-order valence-corrected chi connectivity index (χ3v) is 5.59. The Kier molecular flexibility index (Phi) is 7.15. The Bertz CT molecular complexity index is 909. The second kappa shape index (κ2) is 9.80. The number of carbonyl (C=O) groups excluding carboxylic acids is 2. The Morgan fingerprint density at radius 2 is 1.83 bits per heavy atom. The van der Waals surface area contributed by atoms with Gasteiger partial charge in [0.25, 0.3) is 11.8 Å².